The van der Waals surface area contributed by atoms with E-state index in [4.69, 9.17) is 4.42 Å². The monoisotopic (exact) mass is 323 g/mol. The zero-order valence-electron chi connectivity index (χ0n) is 13.0. The minimum absolute atomic E-state index is 0.134. The van der Waals surface area contributed by atoms with Crippen LogP contribution >= 0.6 is 0 Å². The molecule has 0 fully saturated rings. The number of nitrogens with zero attached hydrogens (tertiary/aromatic N) is 1. The molecule has 0 aliphatic carbocycles. The van der Waals surface area contributed by atoms with Gasteiger partial charge >= 0.3 is 0 Å². The summed E-state index contributed by atoms with van der Waals surface area (Å²) in [5.74, 6) is -1.13. The molecule has 1 aromatic heterocycles. The third-order valence-electron chi connectivity index (χ3n) is 3.49. The van der Waals surface area contributed by atoms with Crippen LogP contribution in [-0.2, 0) is 9.59 Å². The molecule has 0 aliphatic heterocycles. The van der Waals surface area contributed by atoms with Crippen molar-refractivity contribution in [3.63, 3.8) is 0 Å². The molecule has 2 aromatic carbocycles. The Kier molecular flexibility index (Phi) is 4.29. The third kappa shape index (κ3) is 3.60. The van der Waals surface area contributed by atoms with Crippen molar-refractivity contribution in [2.24, 2.45) is 0 Å². The van der Waals surface area contributed by atoms with Crippen LogP contribution < -0.4 is 10.4 Å². The summed E-state index contributed by atoms with van der Waals surface area (Å²) in [6.45, 7) is 1.99. The lowest BCUT2D eigenvalue weighted by atomic mass is 10.1. The van der Waals surface area contributed by atoms with E-state index in [1.165, 1.54) is 0 Å². The van der Waals surface area contributed by atoms with Crippen LogP contribution in [0.2, 0.25) is 0 Å². The first-order valence-corrected chi connectivity index (χ1v) is 7.48. The van der Waals surface area contributed by atoms with Crippen molar-refractivity contribution in [3.8, 4) is 11.5 Å². The molecule has 122 valence electrons. The molecule has 0 saturated carbocycles. The van der Waals surface area contributed by atoms with Crippen LogP contribution in [0.1, 0.15) is 18.4 Å². The summed E-state index contributed by atoms with van der Waals surface area (Å²) in [4.78, 5) is 26.5. The van der Waals surface area contributed by atoms with Crippen LogP contribution in [0, 0.1) is 6.92 Å². The highest BCUT2D eigenvalue weighted by atomic mass is 16.4. The number of fused-ring (bicyclic) bond motifs is 1. The van der Waals surface area contributed by atoms with Gasteiger partial charge in [-0.3, -0.25) is 4.79 Å². The normalized spacial score (nSPS) is 10.7. The number of carbonyl (C=O) groups is 2. The maximum atomic E-state index is 11.7. The number of carbonyl (C=O) groups excluding carboxylic acids is 2. The first kappa shape index (κ1) is 15.7. The summed E-state index contributed by atoms with van der Waals surface area (Å²) >= 11 is 0. The summed E-state index contributed by atoms with van der Waals surface area (Å²) in [6, 6.07) is 12.9. The van der Waals surface area contributed by atoms with Gasteiger partial charge in [0, 0.05) is 29.7 Å². The third-order valence-corrected chi connectivity index (χ3v) is 3.49. The van der Waals surface area contributed by atoms with Crippen LogP contribution in [0.25, 0.3) is 22.6 Å². The molecule has 3 aromatic rings. The Morgan fingerprint density at radius 1 is 1.17 bits per heavy atom. The summed E-state index contributed by atoms with van der Waals surface area (Å²) in [7, 11) is 0. The standard InChI is InChI=1S/C18H16N2O4/c1-11-3-2-4-12(9-11)18-20-14-6-5-13(10-15(14)24-18)19-16(21)7-8-17(22)23/h2-6,9-10H,7-8H2,1H3,(H,19,21)(H,22,23)/p-1. The van der Waals surface area contributed by atoms with Gasteiger partial charge in [0.05, 0.1) is 0 Å². The molecule has 0 atom stereocenters. The van der Waals surface area contributed by atoms with Gasteiger partial charge in [-0.2, -0.15) is 0 Å². The number of rotatable bonds is 5. The molecule has 3 rings (SSSR count). The van der Waals surface area contributed by atoms with Gasteiger partial charge in [0.15, 0.2) is 5.58 Å². The summed E-state index contributed by atoms with van der Waals surface area (Å²) in [5.41, 5.74) is 3.74. The molecular weight excluding hydrogens is 308 g/mol. The van der Waals surface area contributed by atoms with E-state index in [-0.39, 0.29) is 12.8 Å². The van der Waals surface area contributed by atoms with Gasteiger partial charge in [0.2, 0.25) is 11.8 Å². The maximum absolute atomic E-state index is 11.7. The van der Waals surface area contributed by atoms with E-state index >= 15 is 0 Å². The molecule has 0 radical (unpaired) electrons. The van der Waals surface area contributed by atoms with Crippen molar-refractivity contribution >= 4 is 28.7 Å². The minimum atomic E-state index is -1.25. The molecule has 0 saturated heterocycles. The van der Waals surface area contributed by atoms with Crippen molar-refractivity contribution in [1.82, 2.24) is 4.98 Å². The summed E-state index contributed by atoms with van der Waals surface area (Å²) in [6.07, 6.45) is -0.445. The summed E-state index contributed by atoms with van der Waals surface area (Å²) in [5, 5.41) is 13.0. The topological polar surface area (TPSA) is 95.3 Å². The average molecular weight is 323 g/mol. The van der Waals surface area contributed by atoms with Gasteiger partial charge in [0.25, 0.3) is 0 Å². The molecule has 0 aliphatic rings. The lowest BCUT2D eigenvalue weighted by Gasteiger charge is -2.05. The molecule has 0 unspecified atom stereocenters. The zero-order valence-corrected chi connectivity index (χ0v) is 13.0. The van der Waals surface area contributed by atoms with E-state index in [9.17, 15) is 14.7 Å². The molecular formula is C18H15N2O4-. The Labute approximate surface area is 138 Å². The Morgan fingerprint density at radius 3 is 2.75 bits per heavy atom. The summed E-state index contributed by atoms with van der Waals surface area (Å²) < 4.78 is 5.76. The fraction of sp³-hybridized carbons (Fsp3) is 0.167. The Morgan fingerprint density at radius 2 is 2.00 bits per heavy atom. The quantitative estimate of drug-likeness (QED) is 0.777. The van der Waals surface area contributed by atoms with Crippen LogP contribution in [0.4, 0.5) is 5.69 Å². The van der Waals surface area contributed by atoms with Gasteiger partial charge in [-0.15, -0.1) is 0 Å². The minimum Gasteiger partial charge on any atom is -0.550 e. The number of hydrogen-bond donors (Lipinski definition) is 1. The highest BCUT2D eigenvalue weighted by molar-refractivity contribution is 5.94. The number of amides is 1. The first-order valence-electron chi connectivity index (χ1n) is 7.48. The van der Waals surface area contributed by atoms with Crippen LogP contribution in [0.3, 0.4) is 0 Å². The number of anilines is 1. The molecule has 0 spiro atoms. The van der Waals surface area contributed by atoms with Gasteiger partial charge in [-0.1, -0.05) is 17.7 Å². The van der Waals surface area contributed by atoms with E-state index in [1.54, 1.807) is 18.2 Å². The fourth-order valence-electron chi connectivity index (χ4n) is 2.34. The van der Waals surface area contributed by atoms with Gasteiger partial charge in [-0.05, 0) is 37.6 Å². The van der Waals surface area contributed by atoms with Crippen molar-refractivity contribution in [2.75, 3.05) is 5.32 Å². The molecule has 6 heteroatoms. The second-order valence-electron chi connectivity index (χ2n) is 5.49. The number of carboxylic acids is 1. The molecule has 0 bridgehead atoms. The number of aliphatic carboxylic acids is 1. The number of hydrogen-bond acceptors (Lipinski definition) is 5. The van der Waals surface area contributed by atoms with Crippen LogP contribution in [-0.4, -0.2) is 16.9 Å². The number of carboxylic acid groups (broad SMARTS) is 1. The van der Waals surface area contributed by atoms with E-state index in [0.717, 1.165) is 11.1 Å². The molecule has 1 N–H and O–H groups in total. The Bertz CT molecular complexity index is 914. The second kappa shape index (κ2) is 6.54. The van der Waals surface area contributed by atoms with Gasteiger partial charge in [0.1, 0.15) is 5.52 Å². The second-order valence-corrected chi connectivity index (χ2v) is 5.49. The fourth-order valence-corrected chi connectivity index (χ4v) is 2.34. The van der Waals surface area contributed by atoms with Gasteiger partial charge < -0.3 is 19.6 Å². The van der Waals surface area contributed by atoms with Crippen molar-refractivity contribution in [3.05, 3.63) is 48.0 Å². The van der Waals surface area contributed by atoms with Crippen LogP contribution in [0.15, 0.2) is 46.9 Å². The maximum Gasteiger partial charge on any atom is 0.227 e. The number of benzene rings is 2. The number of aromatic nitrogens is 1. The lowest BCUT2D eigenvalue weighted by Crippen LogP contribution is -2.24. The lowest BCUT2D eigenvalue weighted by molar-refractivity contribution is -0.305. The highest BCUT2D eigenvalue weighted by Gasteiger charge is 2.10. The average Bonchev–Trinajstić information content (AvgIpc) is 2.96. The molecule has 24 heavy (non-hydrogen) atoms. The molecule has 1 amide bonds. The van der Waals surface area contributed by atoms with Crippen LogP contribution in [0.5, 0.6) is 0 Å². The largest absolute Gasteiger partial charge is 0.550 e. The van der Waals surface area contributed by atoms with E-state index in [1.807, 2.05) is 31.2 Å². The highest BCUT2D eigenvalue weighted by Crippen LogP contribution is 2.26. The Balaban J connectivity index is 1.81. The predicted molar refractivity (Wildman–Crippen MR) is 87.1 cm³/mol. The number of oxazole rings is 1. The molecule has 1 heterocycles. The molecule has 6 nitrogen and oxygen atoms in total. The Hall–Kier alpha value is -3.15. The van der Waals surface area contributed by atoms with E-state index in [2.05, 4.69) is 10.3 Å². The van der Waals surface area contributed by atoms with E-state index in [0.29, 0.717) is 22.7 Å². The smallest absolute Gasteiger partial charge is 0.227 e. The SMILES string of the molecule is Cc1cccc(-c2nc3ccc(NC(=O)CCC(=O)[O-])cc3o2)c1. The van der Waals surface area contributed by atoms with Crippen molar-refractivity contribution in [1.29, 1.82) is 0 Å². The predicted octanol–water partition coefficient (Wildman–Crippen LogP) is 2.27. The van der Waals surface area contributed by atoms with Crippen molar-refractivity contribution < 1.29 is 19.1 Å². The van der Waals surface area contributed by atoms with Crippen molar-refractivity contribution in [2.45, 2.75) is 19.8 Å². The van der Waals surface area contributed by atoms with E-state index < -0.39 is 11.9 Å². The first-order chi connectivity index (χ1) is 11.5. The number of nitrogens with one attached hydrogen (secondary N) is 1. The van der Waals surface area contributed by atoms with Gasteiger partial charge in [-0.25, -0.2) is 4.98 Å². The zero-order chi connectivity index (χ0) is 17.1. The number of aryl methyl sites for hydroxylation is 1.